The van der Waals surface area contributed by atoms with Crippen LogP contribution in [0.3, 0.4) is 0 Å². The summed E-state index contributed by atoms with van der Waals surface area (Å²) in [4.78, 5) is 11.5. The predicted octanol–water partition coefficient (Wildman–Crippen LogP) is 2.88. The van der Waals surface area contributed by atoms with E-state index in [-0.39, 0.29) is 6.04 Å². The summed E-state index contributed by atoms with van der Waals surface area (Å²) in [6.45, 7) is 8.70. The first-order valence-corrected chi connectivity index (χ1v) is 8.58. The molecular formula is C17H27N5O. The van der Waals surface area contributed by atoms with E-state index in [1.54, 1.807) is 0 Å². The molecule has 3 rings (SSSR count). The molecule has 0 amide bonds. The first kappa shape index (κ1) is 16.2. The normalized spacial score (nSPS) is 18.7. The highest BCUT2D eigenvalue weighted by atomic mass is 16.5. The van der Waals surface area contributed by atoms with Gasteiger partial charge < -0.3 is 14.0 Å². The molecule has 23 heavy (non-hydrogen) atoms. The molecule has 126 valence electrons. The lowest BCUT2D eigenvalue weighted by atomic mass is 9.94. The van der Waals surface area contributed by atoms with Crippen LogP contribution in [0.5, 0.6) is 0 Å². The molecular weight excluding hydrogens is 290 g/mol. The maximum atomic E-state index is 5.53. The number of imidazole rings is 1. The zero-order valence-electron chi connectivity index (χ0n) is 14.6. The number of piperidine rings is 1. The lowest BCUT2D eigenvalue weighted by molar-refractivity contribution is 0.216. The summed E-state index contributed by atoms with van der Waals surface area (Å²) in [6, 6.07) is 0.0219. The van der Waals surface area contributed by atoms with Gasteiger partial charge in [-0.1, -0.05) is 19.0 Å². The average molecular weight is 317 g/mol. The van der Waals surface area contributed by atoms with Gasteiger partial charge in [-0.2, -0.15) is 4.98 Å². The molecule has 0 bridgehead atoms. The van der Waals surface area contributed by atoms with Crippen molar-refractivity contribution in [2.45, 2.75) is 52.0 Å². The van der Waals surface area contributed by atoms with Crippen LogP contribution in [0.1, 0.15) is 63.1 Å². The summed E-state index contributed by atoms with van der Waals surface area (Å²) in [5, 5.41) is 4.20. The number of hydrogen-bond acceptors (Lipinski definition) is 5. The molecule has 3 heterocycles. The van der Waals surface area contributed by atoms with Crippen LogP contribution in [0.2, 0.25) is 0 Å². The minimum Gasteiger partial charge on any atom is -0.337 e. The fourth-order valence-electron chi connectivity index (χ4n) is 3.26. The fourth-order valence-corrected chi connectivity index (χ4v) is 3.26. The Morgan fingerprint density at radius 1 is 1.26 bits per heavy atom. The third-order valence-electron chi connectivity index (χ3n) is 4.78. The Bertz CT molecular complexity index is 624. The summed E-state index contributed by atoms with van der Waals surface area (Å²) in [6.07, 6.45) is 7.18. The van der Waals surface area contributed by atoms with Crippen LogP contribution in [0, 0.1) is 5.92 Å². The Morgan fingerprint density at radius 3 is 2.70 bits per heavy atom. The molecule has 0 saturated carbocycles. The Morgan fingerprint density at radius 2 is 2.00 bits per heavy atom. The third kappa shape index (κ3) is 3.63. The van der Waals surface area contributed by atoms with E-state index in [9.17, 15) is 0 Å². The molecule has 1 aliphatic heterocycles. The van der Waals surface area contributed by atoms with Gasteiger partial charge in [-0.3, -0.25) is 0 Å². The van der Waals surface area contributed by atoms with Gasteiger partial charge in [0.25, 0.3) is 0 Å². The number of hydrogen-bond donors (Lipinski definition) is 0. The molecule has 0 unspecified atom stereocenters. The molecule has 0 N–H and O–H groups in total. The van der Waals surface area contributed by atoms with E-state index in [0.29, 0.717) is 17.7 Å². The summed E-state index contributed by atoms with van der Waals surface area (Å²) >= 11 is 0. The SMILES string of the molecule is CC(C)c1nccn1[C@H](C)c1nc(CC2CCN(C)CC2)no1. The van der Waals surface area contributed by atoms with Crippen molar-refractivity contribution in [3.63, 3.8) is 0 Å². The zero-order valence-corrected chi connectivity index (χ0v) is 14.6. The van der Waals surface area contributed by atoms with E-state index >= 15 is 0 Å². The van der Waals surface area contributed by atoms with Gasteiger partial charge >= 0.3 is 0 Å². The van der Waals surface area contributed by atoms with Crippen molar-refractivity contribution in [1.29, 1.82) is 0 Å². The maximum Gasteiger partial charge on any atom is 0.249 e. The molecule has 0 spiro atoms. The van der Waals surface area contributed by atoms with Crippen molar-refractivity contribution < 1.29 is 4.52 Å². The van der Waals surface area contributed by atoms with Crippen molar-refractivity contribution in [1.82, 2.24) is 24.6 Å². The predicted molar refractivity (Wildman–Crippen MR) is 88.4 cm³/mol. The highest BCUT2D eigenvalue weighted by Crippen LogP contribution is 2.24. The fraction of sp³-hybridized carbons (Fsp3) is 0.706. The highest BCUT2D eigenvalue weighted by Gasteiger charge is 2.22. The lowest BCUT2D eigenvalue weighted by Crippen LogP contribution is -2.31. The maximum absolute atomic E-state index is 5.53. The quantitative estimate of drug-likeness (QED) is 0.848. The van der Waals surface area contributed by atoms with Crippen LogP contribution in [0.4, 0.5) is 0 Å². The molecule has 1 aliphatic rings. The van der Waals surface area contributed by atoms with E-state index in [1.807, 2.05) is 12.4 Å². The highest BCUT2D eigenvalue weighted by molar-refractivity contribution is 5.04. The van der Waals surface area contributed by atoms with Gasteiger partial charge in [0, 0.05) is 24.7 Å². The van der Waals surface area contributed by atoms with Crippen LogP contribution in [0.15, 0.2) is 16.9 Å². The standard InChI is InChI=1S/C17H27N5O/c1-12(2)16-18-7-10-22(16)13(3)17-19-15(20-23-17)11-14-5-8-21(4)9-6-14/h7,10,12-14H,5-6,8-9,11H2,1-4H3/t13-/m1/s1. The number of aromatic nitrogens is 4. The summed E-state index contributed by atoms with van der Waals surface area (Å²) in [5.41, 5.74) is 0. The van der Waals surface area contributed by atoms with E-state index in [1.165, 1.54) is 25.9 Å². The zero-order chi connectivity index (χ0) is 16.4. The largest absolute Gasteiger partial charge is 0.337 e. The summed E-state index contributed by atoms with van der Waals surface area (Å²) < 4.78 is 7.65. The van der Waals surface area contributed by atoms with Crippen LogP contribution < -0.4 is 0 Å². The van der Waals surface area contributed by atoms with Gasteiger partial charge in [-0.15, -0.1) is 0 Å². The van der Waals surface area contributed by atoms with Crippen molar-refractivity contribution in [3.8, 4) is 0 Å². The van der Waals surface area contributed by atoms with Crippen molar-refractivity contribution in [3.05, 3.63) is 29.9 Å². The molecule has 0 aliphatic carbocycles. The Hall–Kier alpha value is -1.69. The van der Waals surface area contributed by atoms with Gasteiger partial charge in [-0.05, 0) is 45.8 Å². The Labute approximate surface area is 137 Å². The van der Waals surface area contributed by atoms with Gasteiger partial charge in [0.2, 0.25) is 5.89 Å². The van der Waals surface area contributed by atoms with Crippen LogP contribution >= 0.6 is 0 Å². The number of nitrogens with zero attached hydrogens (tertiary/aromatic N) is 5. The Balaban J connectivity index is 1.67. The van der Waals surface area contributed by atoms with Crippen molar-refractivity contribution in [2.75, 3.05) is 20.1 Å². The topological polar surface area (TPSA) is 60.0 Å². The average Bonchev–Trinajstić information content (AvgIpc) is 3.18. The summed E-state index contributed by atoms with van der Waals surface area (Å²) in [7, 11) is 2.18. The van der Waals surface area contributed by atoms with Crippen LogP contribution in [-0.4, -0.2) is 44.7 Å². The van der Waals surface area contributed by atoms with E-state index < -0.39 is 0 Å². The molecule has 1 saturated heterocycles. The number of likely N-dealkylation sites (tertiary alicyclic amines) is 1. The van der Waals surface area contributed by atoms with Gasteiger partial charge in [0.05, 0.1) is 0 Å². The Kier molecular flexibility index (Phi) is 4.80. The first-order chi connectivity index (χ1) is 11.0. The van der Waals surface area contributed by atoms with Gasteiger partial charge in [-0.25, -0.2) is 4.98 Å². The smallest absolute Gasteiger partial charge is 0.249 e. The second-order valence-electron chi connectivity index (χ2n) is 7.02. The van der Waals surface area contributed by atoms with Crippen molar-refractivity contribution >= 4 is 0 Å². The molecule has 1 fully saturated rings. The minimum atomic E-state index is 0.0219. The molecule has 0 aromatic carbocycles. The minimum absolute atomic E-state index is 0.0219. The first-order valence-electron chi connectivity index (χ1n) is 8.58. The van der Waals surface area contributed by atoms with Crippen molar-refractivity contribution in [2.24, 2.45) is 5.92 Å². The van der Waals surface area contributed by atoms with E-state index in [2.05, 4.69) is 52.4 Å². The molecule has 2 aromatic rings. The molecule has 2 aromatic heterocycles. The second kappa shape index (κ2) is 6.83. The molecule has 6 nitrogen and oxygen atoms in total. The van der Waals surface area contributed by atoms with Crippen LogP contribution in [0.25, 0.3) is 0 Å². The monoisotopic (exact) mass is 317 g/mol. The lowest BCUT2D eigenvalue weighted by Gasteiger charge is -2.28. The van der Waals surface area contributed by atoms with E-state index in [0.717, 1.165) is 18.1 Å². The molecule has 6 heteroatoms. The van der Waals surface area contributed by atoms with Gasteiger partial charge in [0.1, 0.15) is 11.9 Å². The van der Waals surface area contributed by atoms with E-state index in [4.69, 9.17) is 4.52 Å². The van der Waals surface area contributed by atoms with Gasteiger partial charge in [0.15, 0.2) is 5.82 Å². The second-order valence-corrected chi connectivity index (χ2v) is 7.02. The number of rotatable bonds is 5. The molecule has 1 atom stereocenters. The van der Waals surface area contributed by atoms with Crippen LogP contribution in [-0.2, 0) is 6.42 Å². The molecule has 0 radical (unpaired) electrons. The third-order valence-corrected chi connectivity index (χ3v) is 4.78. The summed E-state index contributed by atoms with van der Waals surface area (Å²) in [5.74, 6) is 3.61.